The van der Waals surface area contributed by atoms with Crippen LogP contribution in [0, 0.1) is 0 Å². The van der Waals surface area contributed by atoms with Gasteiger partial charge in [0.15, 0.2) is 5.11 Å². The standard InChI is InChI=1S/C10H11N3OS/c1-2-4-8(7-12-13-10(11)15)9-5-3-6-14-9/h2-7H,1H2,(H3,11,13,15). The molecule has 1 aromatic heterocycles. The summed E-state index contributed by atoms with van der Waals surface area (Å²) in [6.45, 7) is 3.60. The maximum Gasteiger partial charge on any atom is 0.184 e. The number of furan rings is 1. The summed E-state index contributed by atoms with van der Waals surface area (Å²) in [4.78, 5) is 0. The maximum atomic E-state index is 5.21. The Morgan fingerprint density at radius 2 is 2.47 bits per heavy atom. The molecule has 0 bridgehead atoms. The van der Waals surface area contributed by atoms with Gasteiger partial charge >= 0.3 is 0 Å². The normalized spacial score (nSPS) is 11.6. The number of nitrogens with two attached hydrogens (primary N) is 1. The second-order valence-electron chi connectivity index (χ2n) is 2.57. The van der Waals surface area contributed by atoms with Gasteiger partial charge in [-0.3, -0.25) is 5.43 Å². The number of hydrogen-bond donors (Lipinski definition) is 2. The first-order valence-corrected chi connectivity index (χ1v) is 4.60. The third-order valence-corrected chi connectivity index (χ3v) is 1.57. The SMILES string of the molecule is C=CC=C(C=NNC(N)=S)c1ccco1. The molecule has 0 saturated heterocycles. The lowest BCUT2D eigenvalue weighted by atomic mass is 10.2. The Kier molecular flexibility index (Phi) is 4.30. The molecule has 1 heterocycles. The van der Waals surface area contributed by atoms with E-state index in [-0.39, 0.29) is 5.11 Å². The van der Waals surface area contributed by atoms with Crippen LogP contribution in [-0.2, 0) is 0 Å². The zero-order valence-corrected chi connectivity index (χ0v) is 8.83. The molecule has 0 radical (unpaired) electrons. The van der Waals surface area contributed by atoms with Crippen LogP contribution in [0.5, 0.6) is 0 Å². The van der Waals surface area contributed by atoms with Crippen LogP contribution in [-0.4, -0.2) is 11.3 Å². The highest BCUT2D eigenvalue weighted by molar-refractivity contribution is 7.80. The average Bonchev–Trinajstić information content (AvgIpc) is 2.68. The van der Waals surface area contributed by atoms with E-state index in [2.05, 4.69) is 29.3 Å². The van der Waals surface area contributed by atoms with Crippen LogP contribution in [0.3, 0.4) is 0 Å². The number of nitrogens with one attached hydrogen (secondary N) is 1. The molecular formula is C10H11N3OS. The van der Waals surface area contributed by atoms with E-state index in [1.165, 1.54) is 0 Å². The zero-order valence-electron chi connectivity index (χ0n) is 8.01. The lowest BCUT2D eigenvalue weighted by Crippen LogP contribution is -2.23. The van der Waals surface area contributed by atoms with Crippen LogP contribution >= 0.6 is 12.2 Å². The van der Waals surface area contributed by atoms with Crippen molar-refractivity contribution in [3.8, 4) is 0 Å². The van der Waals surface area contributed by atoms with Crippen molar-refractivity contribution in [3.63, 3.8) is 0 Å². The van der Waals surface area contributed by atoms with Gasteiger partial charge in [-0.2, -0.15) is 5.10 Å². The van der Waals surface area contributed by atoms with Crippen LogP contribution in [0.2, 0.25) is 0 Å². The van der Waals surface area contributed by atoms with Crippen LogP contribution < -0.4 is 11.2 Å². The first-order chi connectivity index (χ1) is 7.24. The van der Waals surface area contributed by atoms with Crippen molar-refractivity contribution >= 4 is 29.1 Å². The second-order valence-corrected chi connectivity index (χ2v) is 3.01. The molecule has 0 fully saturated rings. The average molecular weight is 221 g/mol. The monoisotopic (exact) mass is 221 g/mol. The van der Waals surface area contributed by atoms with E-state index in [9.17, 15) is 0 Å². The minimum atomic E-state index is 0.114. The molecule has 0 atom stereocenters. The van der Waals surface area contributed by atoms with Gasteiger partial charge < -0.3 is 10.2 Å². The number of hydrogen-bond acceptors (Lipinski definition) is 3. The summed E-state index contributed by atoms with van der Waals surface area (Å²) < 4.78 is 5.21. The van der Waals surface area contributed by atoms with Crippen molar-refractivity contribution in [1.82, 2.24) is 5.43 Å². The van der Waals surface area contributed by atoms with Crippen molar-refractivity contribution in [2.75, 3.05) is 0 Å². The van der Waals surface area contributed by atoms with Crippen molar-refractivity contribution in [1.29, 1.82) is 0 Å². The van der Waals surface area contributed by atoms with Crippen molar-refractivity contribution in [2.24, 2.45) is 10.8 Å². The van der Waals surface area contributed by atoms with E-state index < -0.39 is 0 Å². The summed E-state index contributed by atoms with van der Waals surface area (Å²) in [6.07, 6.45) is 6.55. The predicted octanol–water partition coefficient (Wildman–Crippen LogP) is 1.67. The van der Waals surface area contributed by atoms with E-state index in [0.29, 0.717) is 5.76 Å². The molecule has 0 saturated carbocycles. The van der Waals surface area contributed by atoms with Gasteiger partial charge in [-0.1, -0.05) is 18.7 Å². The van der Waals surface area contributed by atoms with Gasteiger partial charge in [0, 0.05) is 5.57 Å². The maximum absolute atomic E-state index is 5.21. The molecule has 5 heteroatoms. The van der Waals surface area contributed by atoms with E-state index in [1.807, 2.05) is 6.07 Å². The van der Waals surface area contributed by atoms with Crippen LogP contribution in [0.15, 0.2) is 46.6 Å². The molecule has 3 N–H and O–H groups in total. The summed E-state index contributed by atoms with van der Waals surface area (Å²) in [6, 6.07) is 3.61. The summed E-state index contributed by atoms with van der Waals surface area (Å²) in [7, 11) is 0. The van der Waals surface area contributed by atoms with E-state index in [0.717, 1.165) is 5.57 Å². The first kappa shape index (κ1) is 11.2. The Hall–Kier alpha value is -1.88. The molecule has 0 amide bonds. The molecule has 0 spiro atoms. The smallest absolute Gasteiger partial charge is 0.184 e. The van der Waals surface area contributed by atoms with Gasteiger partial charge in [-0.15, -0.1) is 0 Å². The highest BCUT2D eigenvalue weighted by Crippen LogP contribution is 2.12. The molecule has 0 unspecified atom stereocenters. The largest absolute Gasteiger partial charge is 0.464 e. The summed E-state index contributed by atoms with van der Waals surface area (Å²) in [5, 5.41) is 3.94. The van der Waals surface area contributed by atoms with Gasteiger partial charge in [0.1, 0.15) is 5.76 Å². The number of allylic oxidation sites excluding steroid dienone is 3. The molecule has 1 aromatic rings. The molecule has 0 aromatic carbocycles. The number of nitrogens with zero attached hydrogens (tertiary/aromatic N) is 1. The predicted molar refractivity (Wildman–Crippen MR) is 65.3 cm³/mol. The lowest BCUT2D eigenvalue weighted by molar-refractivity contribution is 0.555. The van der Waals surface area contributed by atoms with E-state index in [4.69, 9.17) is 10.2 Å². The molecule has 0 aliphatic heterocycles. The molecule has 0 aliphatic rings. The third-order valence-electron chi connectivity index (χ3n) is 1.48. The fourth-order valence-corrected chi connectivity index (χ4v) is 0.977. The highest BCUT2D eigenvalue weighted by Gasteiger charge is 1.99. The molecular weight excluding hydrogens is 210 g/mol. The quantitative estimate of drug-likeness (QED) is 0.351. The molecule has 78 valence electrons. The van der Waals surface area contributed by atoms with Gasteiger partial charge in [-0.05, 0) is 24.4 Å². The van der Waals surface area contributed by atoms with Gasteiger partial charge in [0.2, 0.25) is 0 Å². The van der Waals surface area contributed by atoms with Gasteiger partial charge in [0.25, 0.3) is 0 Å². The van der Waals surface area contributed by atoms with Gasteiger partial charge in [0.05, 0.1) is 12.5 Å². The van der Waals surface area contributed by atoms with E-state index >= 15 is 0 Å². The Labute approximate surface area is 93.2 Å². The summed E-state index contributed by atoms with van der Waals surface area (Å²) in [5.74, 6) is 0.698. The highest BCUT2D eigenvalue weighted by atomic mass is 32.1. The van der Waals surface area contributed by atoms with Crippen LogP contribution in [0.25, 0.3) is 5.57 Å². The minimum Gasteiger partial charge on any atom is -0.464 e. The zero-order chi connectivity index (χ0) is 11.1. The number of rotatable bonds is 4. The van der Waals surface area contributed by atoms with Crippen molar-refractivity contribution < 1.29 is 4.42 Å². The number of hydrazone groups is 1. The lowest BCUT2D eigenvalue weighted by Gasteiger charge is -1.96. The minimum absolute atomic E-state index is 0.114. The first-order valence-electron chi connectivity index (χ1n) is 4.19. The Bertz CT molecular complexity index is 393. The molecule has 0 aliphatic carbocycles. The topological polar surface area (TPSA) is 63.5 Å². The Morgan fingerprint density at radius 3 is 3.00 bits per heavy atom. The molecule has 1 rings (SSSR count). The number of thiocarbonyl (C=S) groups is 1. The second kappa shape index (κ2) is 5.77. The van der Waals surface area contributed by atoms with Gasteiger partial charge in [-0.25, -0.2) is 0 Å². The third kappa shape index (κ3) is 3.78. The summed E-state index contributed by atoms with van der Waals surface area (Å²) in [5.41, 5.74) is 8.45. The van der Waals surface area contributed by atoms with Crippen molar-refractivity contribution in [2.45, 2.75) is 0 Å². The van der Waals surface area contributed by atoms with E-state index in [1.54, 1.807) is 30.7 Å². The molecule has 4 nitrogen and oxygen atoms in total. The Morgan fingerprint density at radius 1 is 1.67 bits per heavy atom. The van der Waals surface area contributed by atoms with Crippen LogP contribution in [0.4, 0.5) is 0 Å². The Balaban J connectivity index is 2.77. The van der Waals surface area contributed by atoms with Crippen LogP contribution in [0.1, 0.15) is 5.76 Å². The fourth-order valence-electron chi connectivity index (χ4n) is 0.924. The van der Waals surface area contributed by atoms with Crippen molar-refractivity contribution in [3.05, 3.63) is 42.9 Å². The summed E-state index contributed by atoms with van der Waals surface area (Å²) >= 11 is 4.60. The molecule has 15 heavy (non-hydrogen) atoms. The fraction of sp³-hybridized carbons (Fsp3) is 0.